The molecule has 0 radical (unpaired) electrons. The minimum absolute atomic E-state index is 0.0431. The zero-order chi connectivity index (χ0) is 13.7. The van der Waals surface area contributed by atoms with Crippen molar-refractivity contribution in [1.29, 1.82) is 0 Å². The van der Waals surface area contributed by atoms with Gasteiger partial charge < -0.3 is 9.31 Å². The lowest BCUT2D eigenvalue weighted by molar-refractivity contribution is 0.00578. The lowest BCUT2D eigenvalue weighted by Gasteiger charge is -2.32. The summed E-state index contributed by atoms with van der Waals surface area (Å²) in [5.41, 5.74) is 0.0778. The third kappa shape index (κ3) is 2.17. The monoisotopic (exact) mass is 313 g/mol. The summed E-state index contributed by atoms with van der Waals surface area (Å²) in [5.74, 6) is -0.0431. The highest BCUT2D eigenvalue weighted by atomic mass is 79.9. The number of carbonyl (C=O) groups is 1. The fourth-order valence-corrected chi connectivity index (χ4v) is 2.28. The quantitative estimate of drug-likeness (QED) is 0.746. The van der Waals surface area contributed by atoms with Crippen LogP contribution in [0.15, 0.2) is 16.9 Å². The van der Waals surface area contributed by atoms with Crippen molar-refractivity contribution in [1.82, 2.24) is 4.57 Å². The van der Waals surface area contributed by atoms with Crippen LogP contribution in [-0.2, 0) is 9.31 Å². The molecule has 0 unspecified atom stereocenters. The molecule has 1 aromatic heterocycles. The largest absolute Gasteiger partial charge is 0.497 e. The van der Waals surface area contributed by atoms with Crippen LogP contribution in [0.2, 0.25) is 0 Å². The molecule has 0 bridgehead atoms. The van der Waals surface area contributed by atoms with E-state index in [1.807, 2.05) is 27.7 Å². The highest BCUT2D eigenvalue weighted by Crippen LogP contribution is 2.37. The Morgan fingerprint density at radius 2 is 1.72 bits per heavy atom. The van der Waals surface area contributed by atoms with E-state index in [1.165, 1.54) is 11.5 Å². The van der Waals surface area contributed by atoms with E-state index in [4.69, 9.17) is 9.31 Å². The Morgan fingerprint density at radius 3 is 2.11 bits per heavy atom. The first kappa shape index (κ1) is 13.8. The fraction of sp³-hybridized carbons (Fsp3) is 0.583. The number of hydrogen-bond donors (Lipinski definition) is 0. The number of carbonyl (C=O) groups excluding carboxylic acids is 1. The number of hydrogen-bond acceptors (Lipinski definition) is 3. The van der Waals surface area contributed by atoms with Crippen LogP contribution in [0.25, 0.3) is 0 Å². The van der Waals surface area contributed by atoms with Crippen molar-refractivity contribution in [3.8, 4) is 0 Å². The van der Waals surface area contributed by atoms with E-state index >= 15 is 0 Å². The van der Waals surface area contributed by atoms with E-state index in [1.54, 1.807) is 12.4 Å². The van der Waals surface area contributed by atoms with Gasteiger partial charge in [-0.25, -0.2) is 0 Å². The van der Waals surface area contributed by atoms with E-state index in [9.17, 15) is 4.79 Å². The minimum Gasteiger partial charge on any atom is -0.399 e. The van der Waals surface area contributed by atoms with Crippen molar-refractivity contribution in [2.75, 3.05) is 0 Å². The molecule has 1 saturated heterocycles. The molecule has 2 rings (SSSR count). The van der Waals surface area contributed by atoms with E-state index in [0.717, 1.165) is 9.94 Å². The van der Waals surface area contributed by atoms with Crippen molar-refractivity contribution >= 4 is 34.4 Å². The van der Waals surface area contributed by atoms with Crippen LogP contribution in [0, 0.1) is 0 Å². The maximum absolute atomic E-state index is 11.3. The van der Waals surface area contributed by atoms with Gasteiger partial charge in [-0.2, -0.15) is 0 Å². The SMILES string of the molecule is CC(=O)n1cc(Br)c(B2OC(C)(C)C(C)(C)O2)c1. The Kier molecular flexibility index (Phi) is 3.24. The summed E-state index contributed by atoms with van der Waals surface area (Å²) in [7, 11) is -0.454. The molecule has 2 heterocycles. The maximum atomic E-state index is 11.3. The van der Waals surface area contributed by atoms with Gasteiger partial charge in [0.2, 0.25) is 5.91 Å². The first-order valence-corrected chi connectivity index (χ1v) is 6.67. The highest BCUT2D eigenvalue weighted by Gasteiger charge is 2.52. The average Bonchev–Trinajstić information content (AvgIpc) is 2.66. The van der Waals surface area contributed by atoms with Crippen molar-refractivity contribution < 1.29 is 14.1 Å². The molecule has 0 spiro atoms. The third-order valence-corrected chi connectivity index (χ3v) is 4.34. The Bertz CT molecular complexity index is 480. The predicted molar refractivity (Wildman–Crippen MR) is 74.1 cm³/mol. The molecule has 0 saturated carbocycles. The van der Waals surface area contributed by atoms with Gasteiger partial charge in [0.25, 0.3) is 0 Å². The average molecular weight is 314 g/mol. The number of halogens is 1. The second kappa shape index (κ2) is 4.22. The Hall–Kier alpha value is -0.585. The molecule has 0 aromatic carbocycles. The summed E-state index contributed by atoms with van der Waals surface area (Å²) in [5, 5.41) is 0. The van der Waals surface area contributed by atoms with Crippen molar-refractivity contribution in [2.45, 2.75) is 45.8 Å². The van der Waals surface area contributed by atoms with Gasteiger partial charge in [-0.15, -0.1) is 0 Å². The molecular weight excluding hydrogens is 297 g/mol. The topological polar surface area (TPSA) is 40.5 Å². The molecule has 0 amide bonds. The van der Waals surface area contributed by atoms with Gasteiger partial charge in [0.05, 0.1) is 11.2 Å². The second-order valence-electron chi connectivity index (χ2n) is 5.58. The van der Waals surface area contributed by atoms with Gasteiger partial charge in [0.15, 0.2) is 0 Å². The molecule has 1 aromatic rings. The number of nitrogens with zero attached hydrogens (tertiary/aromatic N) is 1. The predicted octanol–water partition coefficient (Wildman–Crippen LogP) is 2.21. The second-order valence-corrected chi connectivity index (χ2v) is 6.43. The smallest absolute Gasteiger partial charge is 0.399 e. The Labute approximate surface area is 116 Å². The van der Waals surface area contributed by atoms with Crippen molar-refractivity contribution in [2.24, 2.45) is 0 Å². The standard InChI is InChI=1S/C12H17BBrNO3/c1-8(16)15-6-9(10(14)7-15)13-17-11(2,3)12(4,5)18-13/h6-7H,1-5H3. The van der Waals surface area contributed by atoms with Gasteiger partial charge in [-0.05, 0) is 43.6 Å². The van der Waals surface area contributed by atoms with Crippen LogP contribution < -0.4 is 5.46 Å². The molecule has 18 heavy (non-hydrogen) atoms. The zero-order valence-electron chi connectivity index (χ0n) is 11.3. The molecule has 0 N–H and O–H groups in total. The summed E-state index contributed by atoms with van der Waals surface area (Å²) in [6.07, 6.45) is 3.47. The molecule has 1 aliphatic rings. The van der Waals surface area contributed by atoms with E-state index < -0.39 is 7.12 Å². The van der Waals surface area contributed by atoms with Crippen molar-refractivity contribution in [3.63, 3.8) is 0 Å². The normalized spacial score (nSPS) is 21.3. The van der Waals surface area contributed by atoms with Crippen LogP contribution in [-0.4, -0.2) is 28.8 Å². The summed E-state index contributed by atoms with van der Waals surface area (Å²) >= 11 is 3.44. The summed E-state index contributed by atoms with van der Waals surface area (Å²) < 4.78 is 14.2. The highest BCUT2D eigenvalue weighted by molar-refractivity contribution is 9.10. The molecule has 1 aliphatic heterocycles. The van der Waals surface area contributed by atoms with E-state index in [2.05, 4.69) is 15.9 Å². The van der Waals surface area contributed by atoms with Gasteiger partial charge in [-0.3, -0.25) is 9.36 Å². The lowest BCUT2D eigenvalue weighted by Crippen LogP contribution is -2.41. The molecule has 4 nitrogen and oxygen atoms in total. The first-order valence-electron chi connectivity index (χ1n) is 5.88. The van der Waals surface area contributed by atoms with Crippen LogP contribution >= 0.6 is 15.9 Å². The first-order chi connectivity index (χ1) is 8.14. The Balaban J connectivity index is 2.32. The van der Waals surface area contributed by atoms with Crippen LogP contribution in [0.4, 0.5) is 0 Å². The van der Waals surface area contributed by atoms with Crippen LogP contribution in [0.1, 0.15) is 39.4 Å². The summed E-state index contributed by atoms with van der Waals surface area (Å²) in [4.78, 5) is 11.3. The van der Waals surface area contributed by atoms with Gasteiger partial charge >= 0.3 is 7.12 Å². The molecule has 6 heteroatoms. The molecule has 1 fully saturated rings. The molecular formula is C12H17BBrNO3. The molecule has 98 valence electrons. The van der Waals surface area contributed by atoms with Crippen LogP contribution in [0.5, 0.6) is 0 Å². The van der Waals surface area contributed by atoms with Crippen molar-refractivity contribution in [3.05, 3.63) is 16.9 Å². The lowest BCUT2D eigenvalue weighted by atomic mass is 9.81. The molecule has 0 atom stereocenters. The van der Waals surface area contributed by atoms with Crippen LogP contribution in [0.3, 0.4) is 0 Å². The van der Waals surface area contributed by atoms with Gasteiger partial charge in [-0.1, -0.05) is 0 Å². The number of aromatic nitrogens is 1. The third-order valence-electron chi connectivity index (χ3n) is 3.68. The van der Waals surface area contributed by atoms with Gasteiger partial charge in [0, 0.05) is 29.3 Å². The summed E-state index contributed by atoms with van der Waals surface area (Å²) in [6, 6.07) is 0. The van der Waals surface area contributed by atoms with E-state index in [0.29, 0.717) is 0 Å². The Morgan fingerprint density at radius 1 is 1.22 bits per heavy atom. The zero-order valence-corrected chi connectivity index (χ0v) is 12.9. The van der Waals surface area contributed by atoms with Gasteiger partial charge in [0.1, 0.15) is 0 Å². The van der Waals surface area contributed by atoms with E-state index in [-0.39, 0.29) is 17.1 Å². The minimum atomic E-state index is -0.454. The fourth-order valence-electron chi connectivity index (χ4n) is 1.77. The maximum Gasteiger partial charge on any atom is 0.497 e. The number of rotatable bonds is 1. The molecule has 0 aliphatic carbocycles. The summed E-state index contributed by atoms with van der Waals surface area (Å²) in [6.45, 7) is 9.53.